The van der Waals surface area contributed by atoms with Crippen LogP contribution in [-0.2, 0) is 0 Å². The van der Waals surface area contributed by atoms with Crippen LogP contribution in [0.3, 0.4) is 0 Å². The molecule has 0 saturated carbocycles. The fraction of sp³-hybridized carbons (Fsp3) is 0.263. The third kappa shape index (κ3) is 3.15. The van der Waals surface area contributed by atoms with Crippen LogP contribution in [0.2, 0.25) is 0 Å². The van der Waals surface area contributed by atoms with Crippen molar-refractivity contribution in [1.82, 2.24) is 4.90 Å². The lowest BCUT2D eigenvalue weighted by Crippen LogP contribution is -2.37. The monoisotopic (exact) mass is 278 g/mol. The lowest BCUT2D eigenvalue weighted by Gasteiger charge is -2.32. The van der Waals surface area contributed by atoms with Crippen molar-refractivity contribution < 1.29 is 4.79 Å². The highest BCUT2D eigenvalue weighted by molar-refractivity contribution is 5.94. The van der Waals surface area contributed by atoms with E-state index >= 15 is 0 Å². The van der Waals surface area contributed by atoms with Gasteiger partial charge in [0.15, 0.2) is 0 Å². The van der Waals surface area contributed by atoms with Gasteiger partial charge in [-0.05, 0) is 48.9 Å². The second-order valence-electron chi connectivity index (χ2n) is 5.68. The average molecular weight is 278 g/mol. The van der Waals surface area contributed by atoms with Crippen molar-refractivity contribution in [3.8, 4) is 0 Å². The van der Waals surface area contributed by atoms with Crippen LogP contribution < -0.4 is 0 Å². The number of hydrogen-bond donors (Lipinski definition) is 0. The van der Waals surface area contributed by atoms with Gasteiger partial charge in [0.1, 0.15) is 0 Å². The zero-order valence-corrected chi connectivity index (χ0v) is 12.2. The molecule has 1 radical (unpaired) electrons. The second-order valence-corrected chi connectivity index (χ2v) is 5.68. The Hall–Kier alpha value is -2.09. The average Bonchev–Trinajstić information content (AvgIpc) is 2.55. The van der Waals surface area contributed by atoms with Crippen LogP contribution in [0.4, 0.5) is 0 Å². The molecule has 2 aromatic rings. The topological polar surface area (TPSA) is 20.3 Å². The van der Waals surface area contributed by atoms with Crippen LogP contribution in [0.25, 0.3) is 0 Å². The van der Waals surface area contributed by atoms with Crippen molar-refractivity contribution in [3.63, 3.8) is 0 Å². The molecule has 1 saturated heterocycles. The van der Waals surface area contributed by atoms with E-state index in [4.69, 9.17) is 0 Å². The summed E-state index contributed by atoms with van der Waals surface area (Å²) in [5, 5.41) is 0. The molecule has 1 heterocycles. The number of carbonyl (C=O) groups excluding carboxylic acids is 1. The van der Waals surface area contributed by atoms with Crippen LogP contribution in [0, 0.1) is 6.92 Å². The minimum Gasteiger partial charge on any atom is -0.339 e. The molecule has 3 rings (SSSR count). The van der Waals surface area contributed by atoms with E-state index in [0.717, 1.165) is 37.1 Å². The summed E-state index contributed by atoms with van der Waals surface area (Å²) in [5.41, 5.74) is 3.03. The zero-order chi connectivity index (χ0) is 14.7. The molecule has 0 aliphatic carbocycles. The number of benzene rings is 2. The van der Waals surface area contributed by atoms with E-state index < -0.39 is 0 Å². The lowest BCUT2D eigenvalue weighted by molar-refractivity contribution is 0.0713. The molecule has 1 amide bonds. The van der Waals surface area contributed by atoms with E-state index in [1.165, 1.54) is 5.56 Å². The van der Waals surface area contributed by atoms with Crippen LogP contribution in [0.1, 0.15) is 40.2 Å². The van der Waals surface area contributed by atoms with E-state index in [1.807, 2.05) is 35.2 Å². The van der Waals surface area contributed by atoms with Gasteiger partial charge < -0.3 is 4.90 Å². The van der Waals surface area contributed by atoms with Gasteiger partial charge in [-0.15, -0.1) is 0 Å². The van der Waals surface area contributed by atoms with E-state index in [2.05, 4.69) is 31.2 Å². The van der Waals surface area contributed by atoms with Gasteiger partial charge in [-0.2, -0.15) is 0 Å². The van der Waals surface area contributed by atoms with Gasteiger partial charge in [0.2, 0.25) is 0 Å². The van der Waals surface area contributed by atoms with Crippen LogP contribution in [0.15, 0.2) is 54.6 Å². The largest absolute Gasteiger partial charge is 0.339 e. The molecular formula is C19H20NO. The maximum atomic E-state index is 12.5. The molecule has 2 heteroatoms. The second kappa shape index (κ2) is 6.13. The molecule has 0 aromatic heterocycles. The summed E-state index contributed by atoms with van der Waals surface area (Å²) in [6.45, 7) is 5.56. The van der Waals surface area contributed by atoms with Gasteiger partial charge >= 0.3 is 0 Å². The zero-order valence-electron chi connectivity index (χ0n) is 12.2. The van der Waals surface area contributed by atoms with E-state index in [-0.39, 0.29) is 5.91 Å². The Labute approximate surface area is 126 Å². The van der Waals surface area contributed by atoms with E-state index in [0.29, 0.717) is 5.92 Å². The van der Waals surface area contributed by atoms with Crippen LogP contribution in [0.5, 0.6) is 0 Å². The summed E-state index contributed by atoms with van der Waals surface area (Å²) in [6.07, 6.45) is 2.08. The Balaban J connectivity index is 1.64. The maximum absolute atomic E-state index is 12.5. The Morgan fingerprint density at radius 2 is 1.71 bits per heavy atom. The van der Waals surface area contributed by atoms with Crippen molar-refractivity contribution in [2.24, 2.45) is 0 Å². The summed E-state index contributed by atoms with van der Waals surface area (Å²) < 4.78 is 0. The molecule has 0 unspecified atom stereocenters. The third-order valence-corrected chi connectivity index (χ3v) is 4.23. The van der Waals surface area contributed by atoms with E-state index in [9.17, 15) is 4.79 Å². The van der Waals surface area contributed by atoms with Gasteiger partial charge in [0, 0.05) is 18.7 Å². The normalized spacial score (nSPS) is 16.0. The Kier molecular flexibility index (Phi) is 4.05. The molecule has 0 N–H and O–H groups in total. The van der Waals surface area contributed by atoms with Crippen molar-refractivity contribution in [2.75, 3.05) is 13.1 Å². The summed E-state index contributed by atoms with van der Waals surface area (Å²) in [4.78, 5) is 14.5. The fourth-order valence-electron chi connectivity index (χ4n) is 3.03. The molecule has 1 fully saturated rings. The van der Waals surface area contributed by atoms with Crippen molar-refractivity contribution >= 4 is 5.91 Å². The quantitative estimate of drug-likeness (QED) is 0.816. The first-order valence-corrected chi connectivity index (χ1v) is 7.50. The van der Waals surface area contributed by atoms with Gasteiger partial charge in [-0.3, -0.25) is 4.79 Å². The Morgan fingerprint density at radius 1 is 1.00 bits per heavy atom. The molecule has 1 aliphatic rings. The van der Waals surface area contributed by atoms with Crippen molar-refractivity contribution in [1.29, 1.82) is 0 Å². The fourth-order valence-corrected chi connectivity index (χ4v) is 3.03. The molecule has 2 nitrogen and oxygen atoms in total. The molecule has 0 atom stereocenters. The van der Waals surface area contributed by atoms with Gasteiger partial charge in [-0.25, -0.2) is 0 Å². The number of piperidine rings is 1. The van der Waals surface area contributed by atoms with Gasteiger partial charge in [0.25, 0.3) is 5.91 Å². The van der Waals surface area contributed by atoms with Crippen LogP contribution >= 0.6 is 0 Å². The minimum absolute atomic E-state index is 0.131. The molecule has 1 aliphatic heterocycles. The molecule has 21 heavy (non-hydrogen) atoms. The van der Waals surface area contributed by atoms with Crippen molar-refractivity contribution in [3.05, 3.63) is 78.2 Å². The Morgan fingerprint density at radius 3 is 2.38 bits per heavy atom. The number of nitrogens with zero attached hydrogens (tertiary/aromatic N) is 1. The maximum Gasteiger partial charge on any atom is 0.253 e. The number of hydrogen-bond acceptors (Lipinski definition) is 1. The van der Waals surface area contributed by atoms with Crippen LogP contribution in [-0.4, -0.2) is 23.9 Å². The first-order valence-electron chi connectivity index (χ1n) is 7.50. The summed E-state index contributed by atoms with van der Waals surface area (Å²) >= 11 is 0. The summed E-state index contributed by atoms with van der Waals surface area (Å²) in [5.74, 6) is 0.710. The SMILES string of the molecule is [CH2]c1cccc(C(=O)N2CCC(c3ccccc3)CC2)c1. The number of likely N-dealkylation sites (tertiary alicyclic amines) is 1. The highest BCUT2D eigenvalue weighted by Gasteiger charge is 2.24. The number of rotatable bonds is 2. The van der Waals surface area contributed by atoms with Gasteiger partial charge in [-0.1, -0.05) is 42.5 Å². The Bertz CT molecular complexity index is 612. The number of carbonyl (C=O) groups is 1. The molecule has 2 aromatic carbocycles. The minimum atomic E-state index is 0.131. The number of amides is 1. The van der Waals surface area contributed by atoms with Gasteiger partial charge in [0.05, 0.1) is 0 Å². The molecule has 107 valence electrons. The predicted molar refractivity (Wildman–Crippen MR) is 85.2 cm³/mol. The first-order chi connectivity index (χ1) is 10.2. The summed E-state index contributed by atoms with van der Waals surface area (Å²) in [7, 11) is 0. The summed E-state index contributed by atoms with van der Waals surface area (Å²) in [6, 6.07) is 18.2. The molecule has 0 spiro atoms. The molecular weight excluding hydrogens is 258 g/mol. The van der Waals surface area contributed by atoms with Crippen molar-refractivity contribution in [2.45, 2.75) is 18.8 Å². The van der Waals surface area contributed by atoms with E-state index in [1.54, 1.807) is 0 Å². The highest BCUT2D eigenvalue weighted by atomic mass is 16.2. The lowest BCUT2D eigenvalue weighted by atomic mass is 9.89. The highest BCUT2D eigenvalue weighted by Crippen LogP contribution is 2.28. The molecule has 0 bridgehead atoms. The predicted octanol–water partition coefficient (Wildman–Crippen LogP) is 3.89. The first kappa shape index (κ1) is 13.9. The third-order valence-electron chi connectivity index (χ3n) is 4.23. The standard InChI is InChI=1S/C19H20NO/c1-15-6-5-9-18(14-15)19(21)20-12-10-17(11-13-20)16-7-3-2-4-8-16/h2-9,14,17H,1,10-13H2. The smallest absolute Gasteiger partial charge is 0.253 e.